The summed E-state index contributed by atoms with van der Waals surface area (Å²) in [4.78, 5) is 15.4. The molecule has 4 nitrogen and oxygen atoms in total. The van der Waals surface area contributed by atoms with Gasteiger partial charge >= 0.3 is 0 Å². The van der Waals surface area contributed by atoms with Crippen LogP contribution < -0.4 is 11.1 Å². The van der Waals surface area contributed by atoms with E-state index in [1.165, 1.54) is 0 Å². The number of nitrogens with zero attached hydrogens (tertiary/aromatic N) is 1. The van der Waals surface area contributed by atoms with Crippen LogP contribution in [-0.4, -0.2) is 10.9 Å². The van der Waals surface area contributed by atoms with Crippen LogP contribution in [-0.2, 0) is 6.54 Å². The fraction of sp³-hybridized carbons (Fsp3) is 0.0588. The molecule has 1 amide bonds. The van der Waals surface area contributed by atoms with Crippen LogP contribution >= 0.6 is 11.6 Å². The van der Waals surface area contributed by atoms with Gasteiger partial charge < -0.3 is 11.1 Å². The lowest BCUT2D eigenvalue weighted by Gasteiger charge is -2.11. The number of hydrogen-bond donors (Lipinski definition) is 2. The first-order valence-corrected chi connectivity index (χ1v) is 7.40. The summed E-state index contributed by atoms with van der Waals surface area (Å²) in [6.07, 6.45) is 0. The van der Waals surface area contributed by atoms with Crippen molar-refractivity contribution in [3.8, 4) is 0 Å². The van der Waals surface area contributed by atoms with E-state index >= 15 is 0 Å². The molecule has 1 heterocycles. The Morgan fingerprint density at radius 1 is 1.17 bits per heavy atom. The van der Waals surface area contributed by atoms with Crippen LogP contribution in [0.5, 0.6) is 0 Å². The molecule has 0 unspecified atom stereocenters. The summed E-state index contributed by atoms with van der Waals surface area (Å²) in [5.41, 5.74) is 6.02. The summed E-state index contributed by atoms with van der Waals surface area (Å²) < 4.78 is 27.3. The van der Waals surface area contributed by atoms with E-state index < -0.39 is 17.5 Å². The summed E-state index contributed by atoms with van der Waals surface area (Å²) in [5, 5.41) is 3.95. The number of fused-ring (bicyclic) bond motifs is 1. The maximum atomic E-state index is 13.8. The van der Waals surface area contributed by atoms with Crippen LogP contribution in [0.15, 0.2) is 42.5 Å². The van der Waals surface area contributed by atoms with Crippen LogP contribution in [0.3, 0.4) is 0 Å². The Labute approximate surface area is 141 Å². The number of aromatic nitrogens is 1. The highest BCUT2D eigenvalue weighted by Crippen LogP contribution is 2.24. The average molecular weight is 348 g/mol. The molecule has 0 fully saturated rings. The number of nitrogens with one attached hydrogen (secondary N) is 1. The van der Waals surface area contributed by atoms with Crippen LogP contribution in [0.25, 0.3) is 10.9 Å². The van der Waals surface area contributed by atoms with Gasteiger partial charge in [0.1, 0.15) is 16.8 Å². The molecule has 3 aromatic rings. The van der Waals surface area contributed by atoms with E-state index in [-0.39, 0.29) is 22.9 Å². The lowest BCUT2D eigenvalue weighted by Crippen LogP contribution is -2.14. The first-order chi connectivity index (χ1) is 11.5. The zero-order valence-corrected chi connectivity index (χ0v) is 13.1. The summed E-state index contributed by atoms with van der Waals surface area (Å²) in [7, 11) is 0. The van der Waals surface area contributed by atoms with Gasteiger partial charge in [-0.2, -0.15) is 0 Å². The number of carbonyl (C=O) groups is 1. The number of amides is 1. The van der Waals surface area contributed by atoms with Crippen LogP contribution in [0, 0.1) is 11.6 Å². The van der Waals surface area contributed by atoms with Crippen molar-refractivity contribution in [3.05, 3.63) is 70.4 Å². The summed E-state index contributed by atoms with van der Waals surface area (Å²) in [6, 6.07) is 10.9. The van der Waals surface area contributed by atoms with E-state index in [0.29, 0.717) is 11.6 Å². The zero-order chi connectivity index (χ0) is 17.3. The van der Waals surface area contributed by atoms with Gasteiger partial charge in [-0.05, 0) is 18.2 Å². The van der Waals surface area contributed by atoms with E-state index in [1.54, 1.807) is 0 Å². The lowest BCUT2D eigenvalue weighted by molar-refractivity contribution is 0.0996. The Bertz CT molecular complexity index is 947. The van der Waals surface area contributed by atoms with Crippen molar-refractivity contribution in [1.29, 1.82) is 0 Å². The molecular formula is C17H12ClF2N3O. The molecule has 0 spiro atoms. The number of hydrogen-bond acceptors (Lipinski definition) is 3. The smallest absolute Gasteiger partial charge is 0.251 e. The van der Waals surface area contributed by atoms with Crippen molar-refractivity contribution in [2.75, 3.05) is 5.32 Å². The molecular weight excluding hydrogens is 336 g/mol. The molecule has 24 heavy (non-hydrogen) atoms. The van der Waals surface area contributed by atoms with Crippen molar-refractivity contribution in [2.24, 2.45) is 5.73 Å². The molecule has 0 aliphatic rings. The molecule has 2 aromatic carbocycles. The van der Waals surface area contributed by atoms with Crippen LogP contribution in [0.1, 0.15) is 15.9 Å². The highest BCUT2D eigenvalue weighted by molar-refractivity contribution is 6.30. The minimum atomic E-state index is -1.00. The number of pyridine rings is 1. The molecule has 7 heteroatoms. The second-order valence-corrected chi connectivity index (χ2v) is 5.52. The summed E-state index contributed by atoms with van der Waals surface area (Å²) >= 11 is 6.14. The third kappa shape index (κ3) is 3.14. The van der Waals surface area contributed by atoms with Crippen molar-refractivity contribution in [2.45, 2.75) is 6.54 Å². The monoisotopic (exact) mass is 347 g/mol. The van der Waals surface area contributed by atoms with Gasteiger partial charge in [0.25, 0.3) is 5.91 Å². The van der Waals surface area contributed by atoms with Gasteiger partial charge in [0.15, 0.2) is 0 Å². The predicted octanol–water partition coefficient (Wildman–Crippen LogP) is 3.88. The number of primary amides is 1. The summed E-state index contributed by atoms with van der Waals surface area (Å²) in [5.74, 6) is -2.81. The molecule has 122 valence electrons. The standard InChI is InChI=1S/C17H12ClF2N3O/c18-16-10(5-9-3-1-2-4-14(9)23-16)8-22-15-6-11(17(21)24)12(19)7-13(15)20/h1-7,22H,8H2,(H2,21,24). The highest BCUT2D eigenvalue weighted by atomic mass is 35.5. The number of anilines is 1. The molecule has 0 saturated heterocycles. The largest absolute Gasteiger partial charge is 0.378 e. The number of nitrogens with two attached hydrogens (primary N) is 1. The topological polar surface area (TPSA) is 68.0 Å². The van der Waals surface area contributed by atoms with E-state index in [1.807, 2.05) is 30.3 Å². The summed E-state index contributed by atoms with van der Waals surface area (Å²) in [6.45, 7) is 0.150. The predicted molar refractivity (Wildman–Crippen MR) is 89.0 cm³/mol. The molecule has 3 rings (SSSR count). The maximum Gasteiger partial charge on any atom is 0.251 e. The molecule has 0 radical (unpaired) electrons. The number of halogens is 3. The van der Waals surface area contributed by atoms with Crippen molar-refractivity contribution in [3.63, 3.8) is 0 Å². The minimum absolute atomic E-state index is 0.0468. The van der Waals surface area contributed by atoms with E-state index in [0.717, 1.165) is 17.0 Å². The van der Waals surface area contributed by atoms with E-state index in [4.69, 9.17) is 17.3 Å². The Kier molecular flexibility index (Phi) is 4.31. The first kappa shape index (κ1) is 16.1. The number of rotatable bonds is 4. The first-order valence-electron chi connectivity index (χ1n) is 7.02. The van der Waals surface area contributed by atoms with Gasteiger partial charge in [-0.3, -0.25) is 4.79 Å². The van der Waals surface area contributed by atoms with Gasteiger partial charge in [-0.1, -0.05) is 29.8 Å². The number of para-hydroxylation sites is 1. The fourth-order valence-corrected chi connectivity index (χ4v) is 2.54. The quantitative estimate of drug-likeness (QED) is 0.704. The highest BCUT2D eigenvalue weighted by Gasteiger charge is 2.14. The molecule has 0 aliphatic heterocycles. The molecule has 0 bridgehead atoms. The van der Waals surface area contributed by atoms with Crippen LogP contribution in [0.4, 0.5) is 14.5 Å². The van der Waals surface area contributed by atoms with Crippen molar-refractivity contribution in [1.82, 2.24) is 4.98 Å². The number of carbonyl (C=O) groups excluding carboxylic acids is 1. The molecule has 0 atom stereocenters. The van der Waals surface area contributed by atoms with Gasteiger partial charge in [-0.15, -0.1) is 0 Å². The second kappa shape index (κ2) is 6.41. The molecule has 1 aromatic heterocycles. The van der Waals surface area contributed by atoms with E-state index in [9.17, 15) is 13.6 Å². The number of benzene rings is 2. The molecule has 0 saturated carbocycles. The Morgan fingerprint density at radius 3 is 2.67 bits per heavy atom. The third-order valence-corrected chi connectivity index (χ3v) is 3.87. The van der Waals surface area contributed by atoms with Gasteiger partial charge in [-0.25, -0.2) is 13.8 Å². The SMILES string of the molecule is NC(=O)c1cc(NCc2cc3ccccc3nc2Cl)c(F)cc1F. The Morgan fingerprint density at radius 2 is 1.92 bits per heavy atom. The van der Waals surface area contributed by atoms with E-state index in [2.05, 4.69) is 10.3 Å². The van der Waals surface area contributed by atoms with Gasteiger partial charge in [0.05, 0.1) is 16.8 Å². The Balaban J connectivity index is 1.89. The fourth-order valence-electron chi connectivity index (χ4n) is 2.32. The molecule has 0 aliphatic carbocycles. The Hall–Kier alpha value is -2.73. The lowest BCUT2D eigenvalue weighted by atomic mass is 10.1. The van der Waals surface area contributed by atoms with Crippen molar-refractivity contribution >= 4 is 34.1 Å². The average Bonchev–Trinajstić information content (AvgIpc) is 2.53. The minimum Gasteiger partial charge on any atom is -0.378 e. The normalized spacial score (nSPS) is 10.8. The maximum absolute atomic E-state index is 13.8. The van der Waals surface area contributed by atoms with Gasteiger partial charge in [0.2, 0.25) is 0 Å². The van der Waals surface area contributed by atoms with Gasteiger partial charge in [0, 0.05) is 23.6 Å². The van der Waals surface area contributed by atoms with Crippen LogP contribution in [0.2, 0.25) is 5.15 Å². The zero-order valence-electron chi connectivity index (χ0n) is 12.3. The van der Waals surface area contributed by atoms with Crippen molar-refractivity contribution < 1.29 is 13.6 Å². The third-order valence-electron chi connectivity index (χ3n) is 3.54. The second-order valence-electron chi connectivity index (χ2n) is 5.16. The molecule has 3 N–H and O–H groups in total.